The quantitative estimate of drug-likeness (QED) is 0.502. The summed E-state index contributed by atoms with van der Waals surface area (Å²) < 4.78 is 11.9. The van der Waals surface area contributed by atoms with Gasteiger partial charge in [-0.1, -0.05) is 42.5 Å². The molecule has 0 saturated carbocycles. The van der Waals surface area contributed by atoms with E-state index in [9.17, 15) is 4.79 Å². The SMILES string of the molecule is COc1ccc(COC(=O)/C(=C/c2ccccc2)n2nnnc2C)cc1. The molecule has 0 fully saturated rings. The van der Waals surface area contributed by atoms with Gasteiger partial charge in [0.1, 0.15) is 12.4 Å². The van der Waals surface area contributed by atoms with Crippen molar-refractivity contribution in [3.63, 3.8) is 0 Å². The molecule has 0 aliphatic rings. The lowest BCUT2D eigenvalue weighted by atomic mass is 10.2. The van der Waals surface area contributed by atoms with Crippen LogP contribution in [0.2, 0.25) is 0 Å². The molecule has 26 heavy (non-hydrogen) atoms. The van der Waals surface area contributed by atoms with Crippen LogP contribution < -0.4 is 4.74 Å². The van der Waals surface area contributed by atoms with Gasteiger partial charge in [0.25, 0.3) is 0 Å². The Hall–Kier alpha value is -3.48. The summed E-state index contributed by atoms with van der Waals surface area (Å²) in [5.41, 5.74) is 1.94. The van der Waals surface area contributed by atoms with E-state index < -0.39 is 5.97 Å². The molecule has 0 N–H and O–H groups in total. The number of benzene rings is 2. The summed E-state index contributed by atoms with van der Waals surface area (Å²) in [6.07, 6.45) is 1.69. The minimum absolute atomic E-state index is 0.135. The van der Waals surface area contributed by atoms with Gasteiger partial charge in [0.2, 0.25) is 0 Å². The zero-order valence-corrected chi connectivity index (χ0v) is 14.5. The van der Waals surface area contributed by atoms with Crippen molar-refractivity contribution in [1.29, 1.82) is 0 Å². The van der Waals surface area contributed by atoms with E-state index in [1.165, 1.54) is 4.68 Å². The highest BCUT2D eigenvalue weighted by Gasteiger charge is 2.17. The average Bonchev–Trinajstić information content (AvgIpc) is 3.11. The van der Waals surface area contributed by atoms with Crippen LogP contribution >= 0.6 is 0 Å². The summed E-state index contributed by atoms with van der Waals surface area (Å²) in [6.45, 7) is 1.85. The predicted molar refractivity (Wildman–Crippen MR) is 96.0 cm³/mol. The molecule has 0 atom stereocenters. The molecule has 1 heterocycles. The minimum atomic E-state index is -0.514. The fourth-order valence-corrected chi connectivity index (χ4v) is 2.31. The molecule has 0 aliphatic carbocycles. The van der Waals surface area contributed by atoms with Crippen LogP contribution in [0.4, 0.5) is 0 Å². The number of rotatable bonds is 6. The van der Waals surface area contributed by atoms with Crippen molar-refractivity contribution in [2.75, 3.05) is 7.11 Å². The smallest absolute Gasteiger partial charge is 0.357 e. The lowest BCUT2D eigenvalue weighted by molar-refractivity contribution is -0.138. The van der Waals surface area contributed by atoms with E-state index in [4.69, 9.17) is 9.47 Å². The Morgan fingerprint density at radius 1 is 1.12 bits per heavy atom. The van der Waals surface area contributed by atoms with Crippen LogP contribution in [0.5, 0.6) is 5.75 Å². The Morgan fingerprint density at radius 3 is 2.46 bits per heavy atom. The van der Waals surface area contributed by atoms with E-state index in [2.05, 4.69) is 15.5 Å². The number of hydrogen-bond donors (Lipinski definition) is 0. The van der Waals surface area contributed by atoms with Crippen LogP contribution in [0, 0.1) is 6.92 Å². The van der Waals surface area contributed by atoms with Gasteiger partial charge < -0.3 is 9.47 Å². The Labute approximate surface area is 150 Å². The van der Waals surface area contributed by atoms with Crippen molar-refractivity contribution < 1.29 is 14.3 Å². The highest BCUT2D eigenvalue weighted by atomic mass is 16.5. The van der Waals surface area contributed by atoms with Crippen LogP contribution in [0.15, 0.2) is 54.6 Å². The van der Waals surface area contributed by atoms with E-state index in [1.807, 2.05) is 54.6 Å². The van der Waals surface area contributed by atoms with Gasteiger partial charge in [0, 0.05) is 0 Å². The summed E-state index contributed by atoms with van der Waals surface area (Å²) in [7, 11) is 1.60. The molecule has 0 unspecified atom stereocenters. The topological polar surface area (TPSA) is 79.1 Å². The second-order valence-corrected chi connectivity index (χ2v) is 5.50. The molecule has 7 heteroatoms. The Morgan fingerprint density at radius 2 is 1.85 bits per heavy atom. The summed E-state index contributed by atoms with van der Waals surface area (Å²) in [5, 5.41) is 11.3. The number of aryl methyl sites for hydroxylation is 1. The fourth-order valence-electron chi connectivity index (χ4n) is 2.31. The molecule has 3 aromatic rings. The van der Waals surface area contributed by atoms with Crippen LogP contribution in [0.3, 0.4) is 0 Å². The van der Waals surface area contributed by atoms with Gasteiger partial charge in [-0.15, -0.1) is 5.10 Å². The van der Waals surface area contributed by atoms with E-state index in [-0.39, 0.29) is 12.3 Å². The van der Waals surface area contributed by atoms with Gasteiger partial charge in [-0.25, -0.2) is 4.79 Å². The number of tetrazole rings is 1. The maximum atomic E-state index is 12.7. The molecule has 0 saturated heterocycles. The van der Waals surface area contributed by atoms with Gasteiger partial charge in [0.15, 0.2) is 11.5 Å². The fraction of sp³-hybridized carbons (Fsp3) is 0.158. The normalized spacial score (nSPS) is 11.2. The van der Waals surface area contributed by atoms with E-state index >= 15 is 0 Å². The first kappa shape index (κ1) is 17.3. The third-order valence-electron chi connectivity index (χ3n) is 3.69. The van der Waals surface area contributed by atoms with Crippen LogP contribution in [-0.4, -0.2) is 33.3 Å². The molecule has 0 amide bonds. The maximum Gasteiger partial charge on any atom is 0.357 e. The summed E-state index contributed by atoms with van der Waals surface area (Å²) in [6, 6.07) is 16.8. The number of methoxy groups -OCH3 is 1. The molecule has 3 rings (SSSR count). The highest BCUT2D eigenvalue weighted by molar-refractivity contribution is 6.15. The third kappa shape index (κ3) is 4.13. The molecular formula is C19H18N4O3. The number of hydrogen-bond acceptors (Lipinski definition) is 6. The molecule has 0 aliphatic heterocycles. The Balaban J connectivity index is 1.81. The van der Waals surface area contributed by atoms with Crippen LogP contribution in [0.1, 0.15) is 17.0 Å². The minimum Gasteiger partial charge on any atom is -0.497 e. The molecule has 2 aromatic carbocycles. The number of nitrogens with zero attached hydrogens (tertiary/aromatic N) is 4. The maximum absolute atomic E-state index is 12.7. The van der Waals surface area contributed by atoms with Gasteiger partial charge in [-0.2, -0.15) is 4.68 Å². The average molecular weight is 350 g/mol. The standard InChI is InChI=1S/C19H18N4O3/c1-14-20-21-22-23(14)18(12-15-6-4-3-5-7-15)19(24)26-13-16-8-10-17(25-2)11-9-16/h3-12H,13H2,1-2H3/b18-12-. The summed E-state index contributed by atoms with van der Waals surface area (Å²) in [5.74, 6) is 0.725. The number of ether oxygens (including phenoxy) is 2. The van der Waals surface area contributed by atoms with Gasteiger partial charge in [0.05, 0.1) is 7.11 Å². The van der Waals surface area contributed by atoms with Crippen molar-refractivity contribution >= 4 is 17.7 Å². The molecule has 7 nitrogen and oxygen atoms in total. The zero-order valence-electron chi connectivity index (χ0n) is 14.5. The van der Waals surface area contributed by atoms with Crippen molar-refractivity contribution in [3.05, 3.63) is 71.5 Å². The van der Waals surface area contributed by atoms with E-state index in [0.717, 1.165) is 16.9 Å². The van der Waals surface area contributed by atoms with Gasteiger partial charge >= 0.3 is 5.97 Å². The molecule has 0 spiro atoms. The molecule has 0 radical (unpaired) electrons. The van der Waals surface area contributed by atoms with E-state index in [0.29, 0.717) is 5.82 Å². The largest absolute Gasteiger partial charge is 0.497 e. The van der Waals surface area contributed by atoms with Crippen molar-refractivity contribution in [2.45, 2.75) is 13.5 Å². The number of carbonyl (C=O) groups excluding carboxylic acids is 1. The Bertz CT molecular complexity index is 902. The van der Waals surface area contributed by atoms with Gasteiger partial charge in [-0.3, -0.25) is 0 Å². The second-order valence-electron chi connectivity index (χ2n) is 5.50. The number of esters is 1. The third-order valence-corrected chi connectivity index (χ3v) is 3.69. The first-order valence-electron chi connectivity index (χ1n) is 7.99. The van der Waals surface area contributed by atoms with Gasteiger partial charge in [-0.05, 0) is 46.7 Å². The number of aromatic nitrogens is 4. The monoisotopic (exact) mass is 350 g/mol. The second kappa shape index (κ2) is 8.06. The van der Waals surface area contributed by atoms with E-state index in [1.54, 1.807) is 20.1 Å². The first-order chi connectivity index (χ1) is 12.7. The zero-order chi connectivity index (χ0) is 18.4. The number of carbonyl (C=O) groups is 1. The summed E-state index contributed by atoms with van der Waals surface area (Å²) in [4.78, 5) is 12.7. The molecule has 0 bridgehead atoms. The van der Waals surface area contributed by atoms with Crippen molar-refractivity contribution in [1.82, 2.24) is 20.2 Å². The lowest BCUT2D eigenvalue weighted by Gasteiger charge is -2.09. The lowest BCUT2D eigenvalue weighted by Crippen LogP contribution is -2.15. The molecule has 132 valence electrons. The van der Waals surface area contributed by atoms with Crippen molar-refractivity contribution in [2.24, 2.45) is 0 Å². The summed E-state index contributed by atoms with van der Waals surface area (Å²) >= 11 is 0. The highest BCUT2D eigenvalue weighted by Crippen LogP contribution is 2.16. The van der Waals surface area contributed by atoms with Crippen LogP contribution in [0.25, 0.3) is 11.8 Å². The Kier molecular flexibility index (Phi) is 5.38. The molecule has 1 aromatic heterocycles. The first-order valence-corrected chi connectivity index (χ1v) is 7.99. The van der Waals surface area contributed by atoms with Crippen LogP contribution in [-0.2, 0) is 16.1 Å². The molecular weight excluding hydrogens is 332 g/mol. The van der Waals surface area contributed by atoms with Crippen molar-refractivity contribution in [3.8, 4) is 5.75 Å². The predicted octanol–water partition coefficient (Wildman–Crippen LogP) is 2.73.